The minimum atomic E-state index is -0.857. The molecule has 1 atom stereocenters. The highest BCUT2D eigenvalue weighted by atomic mass is 35.5. The van der Waals surface area contributed by atoms with E-state index in [9.17, 15) is 9.50 Å². The minimum absolute atomic E-state index is 0.0272. The van der Waals surface area contributed by atoms with Crippen molar-refractivity contribution in [2.75, 3.05) is 26.8 Å². The van der Waals surface area contributed by atoms with Gasteiger partial charge in [0.25, 0.3) is 0 Å². The number of phenols is 1. The van der Waals surface area contributed by atoms with Crippen LogP contribution >= 0.6 is 11.6 Å². The molecule has 94 valence electrons. The van der Waals surface area contributed by atoms with Crippen LogP contribution in [0.15, 0.2) is 6.07 Å². The fourth-order valence-corrected chi connectivity index (χ4v) is 2.02. The standard InChI is InChI=1S/C11H13ClFNO3/c1-16-11-6(8-5-14-2-3-17-8)4-7(12)10(15)9(11)13/h4,8,14-15H,2-3,5H2,1H3. The second-order valence-electron chi connectivity index (χ2n) is 3.71. The van der Waals surface area contributed by atoms with Crippen LogP contribution in [0.5, 0.6) is 11.5 Å². The fraction of sp³-hybridized carbons (Fsp3) is 0.455. The smallest absolute Gasteiger partial charge is 0.208 e. The van der Waals surface area contributed by atoms with Gasteiger partial charge in [0.1, 0.15) is 0 Å². The first-order valence-electron chi connectivity index (χ1n) is 5.22. The van der Waals surface area contributed by atoms with Crippen LogP contribution in [0.2, 0.25) is 5.02 Å². The van der Waals surface area contributed by atoms with Gasteiger partial charge in [0.15, 0.2) is 11.5 Å². The Morgan fingerprint density at radius 3 is 3.00 bits per heavy atom. The Bertz CT molecular complexity index is 422. The van der Waals surface area contributed by atoms with E-state index >= 15 is 0 Å². The predicted octanol–water partition coefficient (Wildman–Crippen LogP) is 1.85. The molecule has 0 aliphatic carbocycles. The number of methoxy groups -OCH3 is 1. The van der Waals surface area contributed by atoms with Gasteiger partial charge in [-0.25, -0.2) is 0 Å². The largest absolute Gasteiger partial charge is 0.504 e. The van der Waals surface area contributed by atoms with Crippen LogP contribution in [0.1, 0.15) is 11.7 Å². The van der Waals surface area contributed by atoms with E-state index in [4.69, 9.17) is 21.1 Å². The summed E-state index contributed by atoms with van der Waals surface area (Å²) >= 11 is 5.75. The van der Waals surface area contributed by atoms with Crippen LogP contribution in [-0.4, -0.2) is 31.9 Å². The number of halogens is 2. The molecule has 0 saturated carbocycles. The van der Waals surface area contributed by atoms with Gasteiger partial charge in [-0.2, -0.15) is 4.39 Å². The van der Waals surface area contributed by atoms with Crippen LogP contribution in [0.25, 0.3) is 0 Å². The molecule has 0 bridgehead atoms. The lowest BCUT2D eigenvalue weighted by Gasteiger charge is -2.25. The monoisotopic (exact) mass is 261 g/mol. The normalized spacial score (nSPS) is 20.3. The van der Waals surface area contributed by atoms with Gasteiger partial charge in [-0.3, -0.25) is 0 Å². The third-order valence-electron chi connectivity index (χ3n) is 2.66. The molecule has 1 aromatic carbocycles. The average molecular weight is 262 g/mol. The maximum atomic E-state index is 13.7. The van der Waals surface area contributed by atoms with Crippen molar-refractivity contribution in [2.24, 2.45) is 0 Å². The van der Waals surface area contributed by atoms with E-state index in [1.165, 1.54) is 13.2 Å². The maximum absolute atomic E-state index is 13.7. The first-order chi connectivity index (χ1) is 8.15. The molecule has 1 aliphatic heterocycles. The van der Waals surface area contributed by atoms with Gasteiger partial charge >= 0.3 is 0 Å². The Morgan fingerprint density at radius 2 is 2.41 bits per heavy atom. The summed E-state index contributed by atoms with van der Waals surface area (Å²) in [5.74, 6) is -1.49. The Labute approximate surface area is 103 Å². The zero-order valence-corrected chi connectivity index (χ0v) is 10.1. The molecule has 2 rings (SSSR count). The molecule has 1 aliphatic rings. The number of aromatic hydroxyl groups is 1. The van der Waals surface area contributed by atoms with Gasteiger partial charge in [0, 0.05) is 18.7 Å². The molecule has 1 saturated heterocycles. The average Bonchev–Trinajstić information content (AvgIpc) is 2.36. The van der Waals surface area contributed by atoms with Crippen molar-refractivity contribution >= 4 is 11.6 Å². The van der Waals surface area contributed by atoms with E-state index in [1.807, 2.05) is 0 Å². The molecule has 0 aromatic heterocycles. The summed E-state index contributed by atoms with van der Waals surface area (Å²) in [6.07, 6.45) is -0.328. The van der Waals surface area contributed by atoms with E-state index in [-0.39, 0.29) is 16.9 Å². The number of benzene rings is 1. The summed E-state index contributed by atoms with van der Waals surface area (Å²) < 4.78 is 24.2. The number of phenolic OH excluding ortho intramolecular Hbond substituents is 1. The first-order valence-corrected chi connectivity index (χ1v) is 5.60. The molecule has 1 heterocycles. The fourth-order valence-electron chi connectivity index (χ4n) is 1.82. The Hall–Kier alpha value is -1.04. The Morgan fingerprint density at radius 1 is 1.65 bits per heavy atom. The predicted molar refractivity (Wildman–Crippen MR) is 61.2 cm³/mol. The Kier molecular flexibility index (Phi) is 3.71. The first kappa shape index (κ1) is 12.4. The van der Waals surface area contributed by atoms with Crippen LogP contribution in [0, 0.1) is 5.82 Å². The lowest BCUT2D eigenvalue weighted by molar-refractivity contribution is 0.0259. The maximum Gasteiger partial charge on any atom is 0.208 e. The lowest BCUT2D eigenvalue weighted by atomic mass is 10.1. The van der Waals surface area contributed by atoms with Gasteiger partial charge in [-0.05, 0) is 6.07 Å². The van der Waals surface area contributed by atoms with Gasteiger partial charge in [0.2, 0.25) is 5.82 Å². The minimum Gasteiger partial charge on any atom is -0.504 e. The molecule has 1 fully saturated rings. The Balaban J connectivity index is 2.44. The van der Waals surface area contributed by atoms with Crippen molar-refractivity contribution in [1.29, 1.82) is 0 Å². The molecular weight excluding hydrogens is 249 g/mol. The second-order valence-corrected chi connectivity index (χ2v) is 4.11. The summed E-state index contributed by atoms with van der Waals surface area (Å²) in [6, 6.07) is 1.47. The summed E-state index contributed by atoms with van der Waals surface area (Å²) in [7, 11) is 1.34. The molecule has 1 aromatic rings. The van der Waals surface area contributed by atoms with E-state index in [1.54, 1.807) is 0 Å². The zero-order chi connectivity index (χ0) is 12.4. The molecule has 0 radical (unpaired) electrons. The molecule has 1 unspecified atom stereocenters. The summed E-state index contributed by atoms with van der Waals surface area (Å²) in [5.41, 5.74) is 0.500. The van der Waals surface area contributed by atoms with E-state index in [2.05, 4.69) is 5.32 Å². The summed E-state index contributed by atoms with van der Waals surface area (Å²) in [5, 5.41) is 12.5. The van der Waals surface area contributed by atoms with Crippen molar-refractivity contribution in [1.82, 2.24) is 5.32 Å². The SMILES string of the molecule is COc1c(C2CNCCO2)cc(Cl)c(O)c1F. The van der Waals surface area contributed by atoms with Crippen molar-refractivity contribution in [3.05, 3.63) is 22.5 Å². The highest BCUT2D eigenvalue weighted by Gasteiger charge is 2.25. The van der Waals surface area contributed by atoms with Gasteiger partial charge < -0.3 is 19.9 Å². The van der Waals surface area contributed by atoms with Crippen LogP contribution in [0.4, 0.5) is 4.39 Å². The number of nitrogens with one attached hydrogen (secondary N) is 1. The topological polar surface area (TPSA) is 50.7 Å². The highest BCUT2D eigenvalue weighted by Crippen LogP contribution is 2.39. The van der Waals surface area contributed by atoms with Crippen molar-refractivity contribution in [2.45, 2.75) is 6.10 Å². The van der Waals surface area contributed by atoms with Gasteiger partial charge in [-0.15, -0.1) is 0 Å². The zero-order valence-electron chi connectivity index (χ0n) is 9.30. The van der Waals surface area contributed by atoms with E-state index in [0.717, 1.165) is 6.54 Å². The summed E-state index contributed by atoms with van der Waals surface area (Å²) in [4.78, 5) is 0. The molecule has 4 nitrogen and oxygen atoms in total. The number of hydrogen-bond acceptors (Lipinski definition) is 4. The van der Waals surface area contributed by atoms with Crippen molar-refractivity contribution < 1.29 is 19.0 Å². The number of morpholine rings is 1. The van der Waals surface area contributed by atoms with Crippen LogP contribution < -0.4 is 10.1 Å². The number of hydrogen-bond donors (Lipinski definition) is 2. The van der Waals surface area contributed by atoms with Crippen molar-refractivity contribution in [3.63, 3.8) is 0 Å². The van der Waals surface area contributed by atoms with Crippen LogP contribution in [-0.2, 0) is 4.74 Å². The lowest BCUT2D eigenvalue weighted by Crippen LogP contribution is -2.33. The molecule has 0 amide bonds. The molecule has 0 spiro atoms. The quantitative estimate of drug-likeness (QED) is 0.853. The second kappa shape index (κ2) is 5.08. The summed E-state index contributed by atoms with van der Waals surface area (Å²) in [6.45, 7) is 1.85. The van der Waals surface area contributed by atoms with Gasteiger partial charge in [0.05, 0.1) is 24.8 Å². The van der Waals surface area contributed by atoms with Gasteiger partial charge in [-0.1, -0.05) is 11.6 Å². The third-order valence-corrected chi connectivity index (χ3v) is 2.94. The highest BCUT2D eigenvalue weighted by molar-refractivity contribution is 6.32. The molecular formula is C11H13ClFNO3. The molecule has 17 heavy (non-hydrogen) atoms. The third kappa shape index (κ3) is 2.31. The van der Waals surface area contributed by atoms with Crippen LogP contribution in [0.3, 0.4) is 0 Å². The number of rotatable bonds is 2. The van der Waals surface area contributed by atoms with Crippen molar-refractivity contribution in [3.8, 4) is 11.5 Å². The number of ether oxygens (including phenoxy) is 2. The molecule has 2 N–H and O–H groups in total. The van der Waals surface area contributed by atoms with E-state index in [0.29, 0.717) is 18.7 Å². The molecule has 6 heteroatoms. The van der Waals surface area contributed by atoms with E-state index < -0.39 is 11.6 Å².